The Balaban J connectivity index is 1.46. The molecule has 1 heterocycles. The van der Waals surface area contributed by atoms with Crippen LogP contribution in [0.1, 0.15) is 35.2 Å². The predicted octanol–water partition coefficient (Wildman–Crippen LogP) is 3.62. The summed E-state index contributed by atoms with van der Waals surface area (Å²) in [6.07, 6.45) is 2.55. The summed E-state index contributed by atoms with van der Waals surface area (Å²) >= 11 is 3.23. The minimum Gasteiger partial charge on any atom is -0.371 e. The van der Waals surface area contributed by atoms with Gasteiger partial charge in [-0.3, -0.25) is 9.59 Å². The second kappa shape index (κ2) is 9.68. The molecule has 0 spiro atoms. The number of nitrogens with zero attached hydrogens (tertiary/aromatic N) is 1. The Bertz CT molecular complexity index is 853. The van der Waals surface area contributed by atoms with E-state index in [2.05, 4.69) is 37.5 Å². The molecule has 2 aromatic rings. The third-order valence-corrected chi connectivity index (χ3v) is 5.42. The second-order valence-corrected chi connectivity index (χ2v) is 7.58. The fraction of sp³-hybridized carbons (Fsp3) is 0.333. The van der Waals surface area contributed by atoms with Crippen LogP contribution in [-0.4, -0.2) is 31.4 Å². The molecule has 0 atom stereocenters. The lowest BCUT2D eigenvalue weighted by atomic mass is 10.1. The molecule has 0 bridgehead atoms. The van der Waals surface area contributed by atoms with Crippen molar-refractivity contribution in [1.82, 2.24) is 10.6 Å². The van der Waals surface area contributed by atoms with Crippen molar-refractivity contribution in [3.63, 3.8) is 0 Å². The SMILES string of the molecule is O=C(CCNC(=O)c1cc(F)ccc1Br)NCc1ccccc1N1CCCC1. The van der Waals surface area contributed by atoms with Crippen LogP contribution in [0, 0.1) is 5.82 Å². The lowest BCUT2D eigenvalue weighted by molar-refractivity contribution is -0.121. The minimum absolute atomic E-state index is 0.144. The number of hydrogen-bond acceptors (Lipinski definition) is 3. The largest absolute Gasteiger partial charge is 0.371 e. The molecule has 1 aliphatic rings. The van der Waals surface area contributed by atoms with Gasteiger partial charge in [-0.05, 0) is 58.6 Å². The molecule has 2 aromatic carbocycles. The summed E-state index contributed by atoms with van der Waals surface area (Å²) in [6.45, 7) is 2.73. The highest BCUT2D eigenvalue weighted by Crippen LogP contribution is 2.24. The van der Waals surface area contributed by atoms with E-state index in [4.69, 9.17) is 0 Å². The van der Waals surface area contributed by atoms with Gasteiger partial charge < -0.3 is 15.5 Å². The molecule has 28 heavy (non-hydrogen) atoms. The number of carbonyl (C=O) groups is 2. The number of benzene rings is 2. The molecule has 5 nitrogen and oxygen atoms in total. The molecule has 1 fully saturated rings. The number of nitrogens with one attached hydrogen (secondary N) is 2. The van der Waals surface area contributed by atoms with Gasteiger partial charge in [0.05, 0.1) is 5.56 Å². The molecular weight excluding hydrogens is 425 g/mol. The topological polar surface area (TPSA) is 61.4 Å². The quantitative estimate of drug-likeness (QED) is 0.681. The van der Waals surface area contributed by atoms with E-state index >= 15 is 0 Å². The van der Waals surface area contributed by atoms with Gasteiger partial charge in [-0.2, -0.15) is 0 Å². The number of para-hydroxylation sites is 1. The number of carbonyl (C=O) groups excluding carboxylic acids is 2. The van der Waals surface area contributed by atoms with Gasteiger partial charge in [0.1, 0.15) is 5.82 Å². The molecule has 2 amide bonds. The van der Waals surface area contributed by atoms with E-state index in [1.165, 1.54) is 30.7 Å². The fourth-order valence-corrected chi connectivity index (χ4v) is 3.69. The van der Waals surface area contributed by atoms with Crippen molar-refractivity contribution in [3.8, 4) is 0 Å². The summed E-state index contributed by atoms with van der Waals surface area (Å²) in [5.74, 6) is -1.05. The van der Waals surface area contributed by atoms with E-state index in [9.17, 15) is 14.0 Å². The highest BCUT2D eigenvalue weighted by molar-refractivity contribution is 9.10. The van der Waals surface area contributed by atoms with Gasteiger partial charge in [0.25, 0.3) is 5.91 Å². The van der Waals surface area contributed by atoms with E-state index in [-0.39, 0.29) is 24.4 Å². The van der Waals surface area contributed by atoms with Gasteiger partial charge in [-0.25, -0.2) is 4.39 Å². The highest BCUT2D eigenvalue weighted by atomic mass is 79.9. The first-order chi connectivity index (χ1) is 13.5. The van der Waals surface area contributed by atoms with E-state index in [0.717, 1.165) is 24.7 Å². The summed E-state index contributed by atoms with van der Waals surface area (Å²) in [6, 6.07) is 12.0. The van der Waals surface area contributed by atoms with Crippen LogP contribution >= 0.6 is 15.9 Å². The molecular formula is C21H23BrFN3O2. The number of anilines is 1. The highest BCUT2D eigenvalue weighted by Gasteiger charge is 2.16. The summed E-state index contributed by atoms with van der Waals surface area (Å²) in [5, 5.41) is 5.56. The van der Waals surface area contributed by atoms with Gasteiger partial charge in [0, 0.05) is 42.8 Å². The predicted molar refractivity (Wildman–Crippen MR) is 111 cm³/mol. The van der Waals surface area contributed by atoms with Crippen LogP contribution in [-0.2, 0) is 11.3 Å². The van der Waals surface area contributed by atoms with Gasteiger partial charge in [-0.15, -0.1) is 0 Å². The Labute approximate surface area is 172 Å². The molecule has 0 aliphatic carbocycles. The molecule has 0 aromatic heterocycles. The normalized spacial score (nSPS) is 13.4. The Kier molecular flexibility index (Phi) is 7.03. The Hall–Kier alpha value is -2.41. The fourth-order valence-electron chi connectivity index (χ4n) is 3.27. The van der Waals surface area contributed by atoms with Gasteiger partial charge >= 0.3 is 0 Å². The van der Waals surface area contributed by atoms with Crippen molar-refractivity contribution in [2.24, 2.45) is 0 Å². The molecule has 0 radical (unpaired) electrons. The van der Waals surface area contributed by atoms with Crippen LogP contribution in [0.2, 0.25) is 0 Å². The first-order valence-electron chi connectivity index (χ1n) is 9.37. The van der Waals surface area contributed by atoms with Crippen LogP contribution in [0.3, 0.4) is 0 Å². The van der Waals surface area contributed by atoms with Crippen LogP contribution in [0.25, 0.3) is 0 Å². The average molecular weight is 448 g/mol. The maximum atomic E-state index is 13.3. The van der Waals surface area contributed by atoms with Gasteiger partial charge in [0.2, 0.25) is 5.91 Å². The second-order valence-electron chi connectivity index (χ2n) is 6.73. The maximum Gasteiger partial charge on any atom is 0.252 e. The number of rotatable bonds is 7. The lowest BCUT2D eigenvalue weighted by Gasteiger charge is -2.21. The molecule has 1 aliphatic heterocycles. The van der Waals surface area contributed by atoms with Crippen molar-refractivity contribution >= 4 is 33.4 Å². The lowest BCUT2D eigenvalue weighted by Crippen LogP contribution is -2.31. The first-order valence-corrected chi connectivity index (χ1v) is 10.2. The molecule has 148 valence electrons. The smallest absolute Gasteiger partial charge is 0.252 e. The number of hydrogen-bond donors (Lipinski definition) is 2. The van der Waals surface area contributed by atoms with Crippen molar-refractivity contribution in [3.05, 3.63) is 63.9 Å². The molecule has 3 rings (SSSR count). The van der Waals surface area contributed by atoms with Gasteiger partial charge in [-0.1, -0.05) is 18.2 Å². The maximum absolute atomic E-state index is 13.3. The van der Waals surface area contributed by atoms with Crippen molar-refractivity contribution < 1.29 is 14.0 Å². The molecule has 7 heteroatoms. The van der Waals surface area contributed by atoms with Crippen LogP contribution in [0.4, 0.5) is 10.1 Å². The number of amides is 2. The van der Waals surface area contributed by atoms with Crippen molar-refractivity contribution in [2.45, 2.75) is 25.8 Å². The summed E-state index contributed by atoms with van der Waals surface area (Å²) in [5.41, 5.74) is 2.47. The van der Waals surface area contributed by atoms with Crippen LogP contribution < -0.4 is 15.5 Å². The monoisotopic (exact) mass is 447 g/mol. The molecule has 1 saturated heterocycles. The third kappa shape index (κ3) is 5.32. The summed E-state index contributed by atoms with van der Waals surface area (Å²) in [7, 11) is 0. The molecule has 2 N–H and O–H groups in total. The van der Waals surface area contributed by atoms with Crippen LogP contribution in [0.5, 0.6) is 0 Å². The zero-order valence-electron chi connectivity index (χ0n) is 15.5. The van der Waals surface area contributed by atoms with Crippen LogP contribution in [0.15, 0.2) is 46.9 Å². The van der Waals surface area contributed by atoms with E-state index in [1.807, 2.05) is 18.2 Å². The van der Waals surface area contributed by atoms with Crippen molar-refractivity contribution in [1.29, 1.82) is 0 Å². The molecule has 0 unspecified atom stereocenters. The third-order valence-electron chi connectivity index (χ3n) is 4.73. The summed E-state index contributed by atoms with van der Waals surface area (Å²) in [4.78, 5) is 26.6. The molecule has 0 saturated carbocycles. The van der Waals surface area contributed by atoms with Crippen molar-refractivity contribution in [2.75, 3.05) is 24.5 Å². The zero-order chi connectivity index (χ0) is 19.9. The minimum atomic E-state index is -0.484. The van der Waals surface area contributed by atoms with E-state index < -0.39 is 11.7 Å². The number of halogens is 2. The Morgan fingerprint density at radius 2 is 1.82 bits per heavy atom. The summed E-state index contributed by atoms with van der Waals surface area (Å²) < 4.78 is 13.8. The first kappa shape index (κ1) is 20.3. The van der Waals surface area contributed by atoms with Gasteiger partial charge in [0.15, 0.2) is 0 Å². The Morgan fingerprint density at radius 1 is 1.07 bits per heavy atom. The van der Waals surface area contributed by atoms with E-state index in [1.54, 1.807) is 0 Å². The van der Waals surface area contributed by atoms with E-state index in [0.29, 0.717) is 11.0 Å². The average Bonchev–Trinajstić information content (AvgIpc) is 3.23. The zero-order valence-corrected chi connectivity index (χ0v) is 17.1. The standard InChI is InChI=1S/C21H23BrFN3O2/c22-18-8-7-16(23)13-17(18)21(28)24-10-9-20(27)25-14-15-5-1-2-6-19(15)26-11-3-4-12-26/h1-2,5-8,13H,3-4,9-12,14H2,(H,24,28)(H,25,27). The Morgan fingerprint density at radius 3 is 2.61 bits per heavy atom.